The molecule has 7 nitrogen and oxygen atoms in total. The molecule has 0 atom stereocenters. The van der Waals surface area contributed by atoms with Crippen molar-refractivity contribution >= 4 is 35.8 Å². The average Bonchev–Trinajstić information content (AvgIpc) is 3.10. The van der Waals surface area contributed by atoms with Gasteiger partial charge in [0.2, 0.25) is 0 Å². The second-order valence-corrected chi connectivity index (χ2v) is 6.77. The molecular formula is C20H31IN6O. The van der Waals surface area contributed by atoms with Crippen LogP contribution in [0.25, 0.3) is 0 Å². The van der Waals surface area contributed by atoms with E-state index in [0.717, 1.165) is 36.9 Å². The van der Waals surface area contributed by atoms with Gasteiger partial charge in [0.25, 0.3) is 5.91 Å². The summed E-state index contributed by atoms with van der Waals surface area (Å²) in [5, 5.41) is 9.25. The van der Waals surface area contributed by atoms with Gasteiger partial charge < -0.3 is 20.5 Å². The monoisotopic (exact) mass is 498 g/mol. The van der Waals surface area contributed by atoms with E-state index in [2.05, 4.69) is 44.3 Å². The largest absolute Gasteiger partial charge is 0.356 e. The van der Waals surface area contributed by atoms with Crippen LogP contribution in [0.15, 0.2) is 41.7 Å². The lowest BCUT2D eigenvalue weighted by Crippen LogP contribution is -2.38. The van der Waals surface area contributed by atoms with Crippen LogP contribution in [0, 0.1) is 5.92 Å². The van der Waals surface area contributed by atoms with Crippen molar-refractivity contribution in [1.29, 1.82) is 0 Å². The number of aromatic nitrogens is 2. The molecule has 2 aromatic rings. The fourth-order valence-corrected chi connectivity index (χ4v) is 2.79. The van der Waals surface area contributed by atoms with Crippen LogP contribution in [-0.4, -0.2) is 42.1 Å². The maximum atomic E-state index is 11.7. The van der Waals surface area contributed by atoms with Crippen LogP contribution in [-0.2, 0) is 19.5 Å². The average molecular weight is 498 g/mol. The van der Waals surface area contributed by atoms with Crippen molar-refractivity contribution in [3.63, 3.8) is 0 Å². The molecule has 1 aromatic heterocycles. The highest BCUT2D eigenvalue weighted by molar-refractivity contribution is 14.0. The first-order valence-electron chi connectivity index (χ1n) is 9.29. The van der Waals surface area contributed by atoms with E-state index in [1.165, 1.54) is 0 Å². The Balaban J connectivity index is 0.00000392. The molecule has 1 amide bonds. The molecule has 0 aliphatic heterocycles. The molecule has 0 saturated carbocycles. The summed E-state index contributed by atoms with van der Waals surface area (Å²) >= 11 is 0. The number of rotatable bonds is 8. The van der Waals surface area contributed by atoms with Crippen LogP contribution in [0.4, 0.5) is 0 Å². The summed E-state index contributed by atoms with van der Waals surface area (Å²) < 4.78 is 2.16. The number of hydrogen-bond acceptors (Lipinski definition) is 3. The number of hydrogen-bond donors (Lipinski definition) is 3. The lowest BCUT2D eigenvalue weighted by molar-refractivity contribution is 0.0963. The molecular weight excluding hydrogens is 467 g/mol. The fourth-order valence-electron chi connectivity index (χ4n) is 2.79. The lowest BCUT2D eigenvalue weighted by atomic mass is 10.1. The first-order valence-corrected chi connectivity index (χ1v) is 9.29. The maximum absolute atomic E-state index is 11.7. The molecule has 0 saturated heterocycles. The summed E-state index contributed by atoms with van der Waals surface area (Å²) in [6.07, 6.45) is 4.63. The second kappa shape index (κ2) is 12.4. The molecule has 0 aliphatic carbocycles. The molecule has 0 aliphatic rings. The molecule has 0 spiro atoms. The van der Waals surface area contributed by atoms with Crippen molar-refractivity contribution < 1.29 is 4.79 Å². The Hall–Kier alpha value is -2.10. The van der Waals surface area contributed by atoms with Crippen LogP contribution >= 0.6 is 24.0 Å². The number of guanidine groups is 1. The molecule has 1 heterocycles. The van der Waals surface area contributed by atoms with E-state index in [9.17, 15) is 4.79 Å². The van der Waals surface area contributed by atoms with Crippen molar-refractivity contribution in [2.24, 2.45) is 10.9 Å². The minimum Gasteiger partial charge on any atom is -0.356 e. The molecule has 2 rings (SSSR count). The summed E-state index contributed by atoms with van der Waals surface area (Å²) in [5.41, 5.74) is 1.78. The third kappa shape index (κ3) is 7.49. The molecule has 0 fully saturated rings. The molecule has 0 unspecified atom stereocenters. The zero-order chi connectivity index (χ0) is 19.6. The maximum Gasteiger partial charge on any atom is 0.251 e. The first kappa shape index (κ1) is 23.9. The Morgan fingerprint density at radius 2 is 2.07 bits per heavy atom. The molecule has 3 N–H and O–H groups in total. The quantitative estimate of drug-likeness (QED) is 0.297. The van der Waals surface area contributed by atoms with Crippen LogP contribution in [0.1, 0.15) is 35.6 Å². The van der Waals surface area contributed by atoms with Gasteiger partial charge in [-0.2, -0.15) is 0 Å². The highest BCUT2D eigenvalue weighted by atomic mass is 127. The Morgan fingerprint density at radius 3 is 2.75 bits per heavy atom. The number of benzene rings is 1. The predicted molar refractivity (Wildman–Crippen MR) is 124 cm³/mol. The third-order valence-electron chi connectivity index (χ3n) is 4.12. The number of halogens is 1. The molecule has 0 radical (unpaired) electrons. The molecule has 28 heavy (non-hydrogen) atoms. The zero-order valence-corrected chi connectivity index (χ0v) is 19.4. The number of carbonyl (C=O) groups excluding carboxylic acids is 1. The Labute approximate surface area is 184 Å². The first-order chi connectivity index (χ1) is 13.0. The van der Waals surface area contributed by atoms with E-state index in [0.29, 0.717) is 18.0 Å². The van der Waals surface area contributed by atoms with Gasteiger partial charge in [-0.1, -0.05) is 26.0 Å². The van der Waals surface area contributed by atoms with Gasteiger partial charge in [-0.25, -0.2) is 4.98 Å². The number of amides is 1. The van der Waals surface area contributed by atoms with Gasteiger partial charge in [0.05, 0.1) is 6.54 Å². The minimum atomic E-state index is -0.0702. The van der Waals surface area contributed by atoms with Gasteiger partial charge in [-0.15, -0.1) is 24.0 Å². The van der Waals surface area contributed by atoms with Crippen molar-refractivity contribution in [2.45, 2.75) is 33.4 Å². The summed E-state index contributed by atoms with van der Waals surface area (Å²) in [6.45, 7) is 6.67. The Kier molecular flexibility index (Phi) is 10.6. The topological polar surface area (TPSA) is 83.3 Å². The third-order valence-corrected chi connectivity index (χ3v) is 4.12. The van der Waals surface area contributed by atoms with E-state index in [4.69, 9.17) is 0 Å². The normalized spacial score (nSPS) is 11.1. The molecule has 0 bridgehead atoms. The zero-order valence-electron chi connectivity index (χ0n) is 17.0. The number of nitrogens with one attached hydrogen (secondary N) is 3. The second-order valence-electron chi connectivity index (χ2n) is 6.77. The minimum absolute atomic E-state index is 0. The summed E-state index contributed by atoms with van der Waals surface area (Å²) in [5.74, 6) is 2.22. The van der Waals surface area contributed by atoms with Crippen molar-refractivity contribution in [1.82, 2.24) is 25.5 Å². The summed E-state index contributed by atoms with van der Waals surface area (Å²) in [7, 11) is 3.39. The van der Waals surface area contributed by atoms with Crippen LogP contribution in [0.5, 0.6) is 0 Å². The molecule has 1 aromatic carbocycles. The van der Waals surface area contributed by atoms with Crippen LogP contribution < -0.4 is 16.0 Å². The van der Waals surface area contributed by atoms with Gasteiger partial charge in [0.15, 0.2) is 5.96 Å². The van der Waals surface area contributed by atoms with E-state index in [1.54, 1.807) is 14.1 Å². The Morgan fingerprint density at radius 1 is 1.29 bits per heavy atom. The van der Waals surface area contributed by atoms with Crippen molar-refractivity contribution in [3.05, 3.63) is 53.6 Å². The van der Waals surface area contributed by atoms with E-state index in [-0.39, 0.29) is 29.9 Å². The smallest absolute Gasteiger partial charge is 0.251 e. The molecule has 154 valence electrons. The van der Waals surface area contributed by atoms with Gasteiger partial charge in [-0.3, -0.25) is 9.79 Å². The van der Waals surface area contributed by atoms with E-state index in [1.807, 2.05) is 36.7 Å². The highest BCUT2D eigenvalue weighted by Crippen LogP contribution is 2.06. The van der Waals surface area contributed by atoms with Crippen LogP contribution in [0.2, 0.25) is 0 Å². The van der Waals surface area contributed by atoms with Gasteiger partial charge >= 0.3 is 0 Å². The van der Waals surface area contributed by atoms with E-state index < -0.39 is 0 Å². The van der Waals surface area contributed by atoms with Crippen molar-refractivity contribution in [2.75, 3.05) is 20.6 Å². The summed E-state index contributed by atoms with van der Waals surface area (Å²) in [6, 6.07) is 7.66. The predicted octanol–water partition coefficient (Wildman–Crippen LogP) is 2.42. The SMILES string of the molecule is CN=C(NCCc1cccc(C(=O)NC)c1)NCc1nccn1CC(C)C.I. The fraction of sp³-hybridized carbons (Fsp3) is 0.450. The van der Waals surface area contributed by atoms with Crippen LogP contribution in [0.3, 0.4) is 0 Å². The van der Waals surface area contributed by atoms with Gasteiger partial charge in [-0.05, 0) is 30.0 Å². The number of carbonyl (C=O) groups is 1. The molecule has 8 heteroatoms. The Bertz CT molecular complexity index is 772. The number of nitrogens with zero attached hydrogens (tertiary/aromatic N) is 3. The lowest BCUT2D eigenvalue weighted by Gasteiger charge is -2.14. The van der Waals surface area contributed by atoms with Gasteiger partial charge in [0.1, 0.15) is 5.82 Å². The number of imidazole rings is 1. The number of aliphatic imine (C=N–C) groups is 1. The van der Waals surface area contributed by atoms with E-state index >= 15 is 0 Å². The van der Waals surface area contributed by atoms with Crippen molar-refractivity contribution in [3.8, 4) is 0 Å². The van der Waals surface area contributed by atoms with Gasteiger partial charge in [0, 0.05) is 45.1 Å². The standard InChI is InChI=1S/C20H30N6O.HI/c1-15(2)14-26-11-10-23-18(26)13-25-20(22-4)24-9-8-16-6-5-7-17(12-16)19(27)21-3;/h5-7,10-12,15H,8-9,13-14H2,1-4H3,(H,21,27)(H2,22,24,25);1H. The summed E-state index contributed by atoms with van der Waals surface area (Å²) in [4.78, 5) is 20.4. The highest BCUT2D eigenvalue weighted by Gasteiger charge is 2.07.